The molecule has 0 aromatic carbocycles. The third-order valence-electron chi connectivity index (χ3n) is 2.46. The van der Waals surface area contributed by atoms with Gasteiger partial charge in [-0.2, -0.15) is 0 Å². The maximum Gasteiger partial charge on any atom is 0.319 e. The van der Waals surface area contributed by atoms with Crippen LogP contribution in [0, 0.1) is 0 Å². The van der Waals surface area contributed by atoms with Crippen molar-refractivity contribution < 1.29 is 14.3 Å². The van der Waals surface area contributed by atoms with E-state index in [1.165, 1.54) is 7.11 Å². The van der Waals surface area contributed by atoms with E-state index in [9.17, 15) is 9.59 Å². The van der Waals surface area contributed by atoms with Crippen molar-refractivity contribution >= 4 is 12.0 Å². The number of rotatable bonds is 6. The van der Waals surface area contributed by atoms with Gasteiger partial charge in [-0.05, 0) is 20.3 Å². The number of carbonyl (C=O) groups excluding carboxylic acids is 2. The minimum Gasteiger partial charge on any atom is -0.469 e. The second-order valence-electron chi connectivity index (χ2n) is 3.56. The van der Waals surface area contributed by atoms with Crippen LogP contribution in [-0.2, 0) is 9.53 Å². The Morgan fingerprint density at radius 1 is 1.19 bits per heavy atom. The summed E-state index contributed by atoms with van der Waals surface area (Å²) >= 11 is 0. The van der Waals surface area contributed by atoms with Crippen molar-refractivity contribution in [2.45, 2.75) is 26.7 Å². The molecule has 0 heterocycles. The van der Waals surface area contributed by atoms with E-state index in [4.69, 9.17) is 0 Å². The van der Waals surface area contributed by atoms with Crippen molar-refractivity contribution in [3.63, 3.8) is 0 Å². The third kappa shape index (κ3) is 5.00. The van der Waals surface area contributed by atoms with Gasteiger partial charge < -0.3 is 14.5 Å². The number of carbonyl (C=O) groups is 2. The Bertz CT molecular complexity index is 227. The van der Waals surface area contributed by atoms with E-state index in [1.54, 1.807) is 16.8 Å². The van der Waals surface area contributed by atoms with Crippen LogP contribution in [-0.4, -0.2) is 55.6 Å². The molecule has 0 aliphatic heterocycles. The van der Waals surface area contributed by atoms with Crippen molar-refractivity contribution in [3.8, 4) is 0 Å². The molecule has 0 saturated heterocycles. The topological polar surface area (TPSA) is 49.9 Å². The van der Waals surface area contributed by atoms with Gasteiger partial charge in [0, 0.05) is 33.1 Å². The number of hydrogen-bond acceptors (Lipinski definition) is 3. The molecule has 0 fully saturated rings. The maximum absolute atomic E-state index is 11.8. The Morgan fingerprint density at radius 2 is 1.75 bits per heavy atom. The van der Waals surface area contributed by atoms with Gasteiger partial charge in [0.15, 0.2) is 0 Å². The lowest BCUT2D eigenvalue weighted by Crippen LogP contribution is -2.41. The predicted octanol–water partition coefficient (Wildman–Crippen LogP) is 1.33. The summed E-state index contributed by atoms with van der Waals surface area (Å²) in [6.45, 7) is 5.88. The third-order valence-corrected chi connectivity index (χ3v) is 2.46. The molecular weight excluding hydrogens is 208 g/mol. The van der Waals surface area contributed by atoms with E-state index in [2.05, 4.69) is 4.74 Å². The molecule has 0 spiro atoms. The monoisotopic (exact) mass is 230 g/mol. The fourth-order valence-corrected chi connectivity index (χ4v) is 1.39. The summed E-state index contributed by atoms with van der Waals surface area (Å²) in [5, 5.41) is 0. The highest BCUT2D eigenvalue weighted by molar-refractivity contribution is 5.74. The minimum atomic E-state index is -0.233. The highest BCUT2D eigenvalue weighted by Crippen LogP contribution is 2.00. The molecule has 5 nitrogen and oxygen atoms in total. The van der Waals surface area contributed by atoms with Gasteiger partial charge in [0.1, 0.15) is 0 Å². The SMILES string of the molecule is CCN(CC)C(=O)N(C)CCCC(=O)OC. The van der Waals surface area contributed by atoms with Crippen LogP contribution in [0.25, 0.3) is 0 Å². The van der Waals surface area contributed by atoms with Crippen LogP contribution >= 0.6 is 0 Å². The molecule has 0 N–H and O–H groups in total. The van der Waals surface area contributed by atoms with Crippen LogP contribution in [0.4, 0.5) is 4.79 Å². The quantitative estimate of drug-likeness (QED) is 0.647. The summed E-state index contributed by atoms with van der Waals surface area (Å²) in [6, 6.07) is 0.00914. The number of ether oxygens (including phenoxy) is 1. The Labute approximate surface area is 97.3 Å². The predicted molar refractivity (Wildman–Crippen MR) is 62.2 cm³/mol. The highest BCUT2D eigenvalue weighted by atomic mass is 16.5. The average Bonchev–Trinajstić information content (AvgIpc) is 2.29. The van der Waals surface area contributed by atoms with Crippen molar-refractivity contribution in [1.82, 2.24) is 9.80 Å². The molecule has 0 aliphatic rings. The fraction of sp³-hybridized carbons (Fsp3) is 0.818. The van der Waals surface area contributed by atoms with Crippen LogP contribution in [0.3, 0.4) is 0 Å². The Morgan fingerprint density at radius 3 is 2.19 bits per heavy atom. The second kappa shape index (κ2) is 7.96. The Kier molecular flexibility index (Phi) is 7.33. The zero-order chi connectivity index (χ0) is 12.6. The smallest absolute Gasteiger partial charge is 0.319 e. The molecule has 0 aromatic rings. The molecule has 2 amide bonds. The summed E-state index contributed by atoms with van der Waals surface area (Å²) in [6.07, 6.45) is 0.989. The van der Waals surface area contributed by atoms with E-state index >= 15 is 0 Å². The van der Waals surface area contributed by atoms with Crippen LogP contribution in [0.5, 0.6) is 0 Å². The number of amides is 2. The van der Waals surface area contributed by atoms with E-state index in [0.29, 0.717) is 32.5 Å². The Balaban J connectivity index is 3.91. The lowest BCUT2D eigenvalue weighted by Gasteiger charge is -2.26. The first-order valence-electron chi connectivity index (χ1n) is 5.63. The zero-order valence-corrected chi connectivity index (χ0v) is 10.7. The van der Waals surface area contributed by atoms with Gasteiger partial charge in [-0.15, -0.1) is 0 Å². The van der Waals surface area contributed by atoms with E-state index in [0.717, 1.165) is 0 Å². The molecule has 0 atom stereocenters. The van der Waals surface area contributed by atoms with Crippen LogP contribution in [0.1, 0.15) is 26.7 Å². The van der Waals surface area contributed by atoms with Crippen molar-refractivity contribution in [3.05, 3.63) is 0 Å². The first kappa shape index (κ1) is 14.7. The summed E-state index contributed by atoms with van der Waals surface area (Å²) in [4.78, 5) is 26.0. The lowest BCUT2D eigenvalue weighted by molar-refractivity contribution is -0.140. The number of hydrogen-bond donors (Lipinski definition) is 0. The first-order chi connectivity index (χ1) is 7.56. The number of esters is 1. The van der Waals surface area contributed by atoms with Crippen LogP contribution in [0.15, 0.2) is 0 Å². The van der Waals surface area contributed by atoms with Crippen molar-refractivity contribution in [2.75, 3.05) is 33.8 Å². The van der Waals surface area contributed by atoms with Crippen LogP contribution < -0.4 is 0 Å². The zero-order valence-electron chi connectivity index (χ0n) is 10.7. The lowest BCUT2D eigenvalue weighted by atomic mass is 10.3. The molecule has 0 bridgehead atoms. The van der Waals surface area contributed by atoms with Crippen molar-refractivity contribution in [2.24, 2.45) is 0 Å². The largest absolute Gasteiger partial charge is 0.469 e. The molecule has 0 aliphatic carbocycles. The molecular formula is C11H22N2O3. The normalized spacial score (nSPS) is 9.75. The van der Waals surface area contributed by atoms with Gasteiger partial charge in [0.05, 0.1) is 7.11 Å². The average molecular weight is 230 g/mol. The first-order valence-corrected chi connectivity index (χ1v) is 5.63. The molecule has 0 radical (unpaired) electrons. The van der Waals surface area contributed by atoms with Gasteiger partial charge in [-0.25, -0.2) is 4.79 Å². The summed E-state index contributed by atoms with van der Waals surface area (Å²) in [5.41, 5.74) is 0. The van der Waals surface area contributed by atoms with E-state index in [1.807, 2.05) is 13.8 Å². The molecule has 94 valence electrons. The Hall–Kier alpha value is -1.26. The standard InChI is InChI=1S/C11H22N2O3/c1-5-13(6-2)11(15)12(3)9-7-8-10(14)16-4/h5-9H2,1-4H3. The molecule has 16 heavy (non-hydrogen) atoms. The van der Waals surface area contributed by atoms with Gasteiger partial charge in [-0.3, -0.25) is 4.79 Å². The van der Waals surface area contributed by atoms with Gasteiger partial charge in [0.25, 0.3) is 0 Å². The molecule has 5 heteroatoms. The summed E-state index contributed by atoms with van der Waals surface area (Å²) in [5.74, 6) is -0.233. The van der Waals surface area contributed by atoms with Gasteiger partial charge in [0.2, 0.25) is 0 Å². The highest BCUT2D eigenvalue weighted by Gasteiger charge is 2.14. The molecule has 0 unspecified atom stereocenters. The van der Waals surface area contributed by atoms with Gasteiger partial charge in [-0.1, -0.05) is 0 Å². The number of methoxy groups -OCH3 is 1. The number of nitrogens with zero attached hydrogens (tertiary/aromatic N) is 2. The second-order valence-corrected chi connectivity index (χ2v) is 3.56. The van der Waals surface area contributed by atoms with Crippen molar-refractivity contribution in [1.29, 1.82) is 0 Å². The van der Waals surface area contributed by atoms with E-state index in [-0.39, 0.29) is 12.0 Å². The fourth-order valence-electron chi connectivity index (χ4n) is 1.39. The molecule has 0 aromatic heterocycles. The minimum absolute atomic E-state index is 0.00914. The molecule has 0 rings (SSSR count). The maximum atomic E-state index is 11.8. The molecule has 0 saturated carbocycles. The summed E-state index contributed by atoms with van der Waals surface area (Å²) in [7, 11) is 3.12. The van der Waals surface area contributed by atoms with Crippen LogP contribution in [0.2, 0.25) is 0 Å². The summed E-state index contributed by atoms with van der Waals surface area (Å²) < 4.78 is 4.53. The van der Waals surface area contributed by atoms with Gasteiger partial charge >= 0.3 is 12.0 Å². The number of urea groups is 1. The van der Waals surface area contributed by atoms with E-state index < -0.39 is 0 Å².